The topological polar surface area (TPSA) is 33.1 Å². The van der Waals surface area contributed by atoms with Gasteiger partial charge in [0.15, 0.2) is 0 Å². The highest BCUT2D eigenvalue weighted by Crippen LogP contribution is 2.11. The van der Waals surface area contributed by atoms with Crippen LogP contribution in [-0.2, 0) is 13.1 Å². The number of nitrogens with zero attached hydrogens (tertiary/aromatic N) is 3. The van der Waals surface area contributed by atoms with Gasteiger partial charge in [-0.2, -0.15) is 5.10 Å². The Hall–Kier alpha value is -0.870. The van der Waals surface area contributed by atoms with Crippen LogP contribution >= 0.6 is 0 Å². The molecule has 1 aromatic heterocycles. The SMILES string of the molecule is CCn1cc(CN(C)C[C@@H]2CCCN2)c(C)n1. The van der Waals surface area contributed by atoms with E-state index in [0.717, 1.165) is 25.3 Å². The molecular weight excluding hydrogens is 212 g/mol. The Kier molecular flexibility index (Phi) is 4.18. The first-order valence-electron chi connectivity index (χ1n) is 6.64. The molecule has 0 spiro atoms. The molecule has 0 aliphatic carbocycles. The van der Waals surface area contributed by atoms with Crippen LogP contribution in [0.5, 0.6) is 0 Å². The van der Waals surface area contributed by atoms with Gasteiger partial charge in [-0.3, -0.25) is 4.68 Å². The molecule has 1 saturated heterocycles. The van der Waals surface area contributed by atoms with Gasteiger partial charge in [0.05, 0.1) is 5.69 Å². The van der Waals surface area contributed by atoms with Gasteiger partial charge >= 0.3 is 0 Å². The van der Waals surface area contributed by atoms with Gasteiger partial charge < -0.3 is 10.2 Å². The lowest BCUT2D eigenvalue weighted by atomic mass is 10.2. The van der Waals surface area contributed by atoms with Crippen molar-refractivity contribution < 1.29 is 0 Å². The minimum atomic E-state index is 0.682. The van der Waals surface area contributed by atoms with Crippen LogP contribution in [0, 0.1) is 6.92 Å². The maximum Gasteiger partial charge on any atom is 0.0638 e. The zero-order valence-corrected chi connectivity index (χ0v) is 11.2. The fraction of sp³-hybridized carbons (Fsp3) is 0.769. The molecule has 2 heterocycles. The summed E-state index contributed by atoms with van der Waals surface area (Å²) in [5, 5.41) is 8.03. The minimum Gasteiger partial charge on any atom is -0.313 e. The van der Waals surface area contributed by atoms with Crippen molar-refractivity contribution in [2.45, 2.75) is 45.8 Å². The molecule has 0 aromatic carbocycles. The van der Waals surface area contributed by atoms with E-state index in [1.54, 1.807) is 0 Å². The molecule has 4 heteroatoms. The average molecular weight is 236 g/mol. The van der Waals surface area contributed by atoms with Crippen molar-refractivity contribution in [3.05, 3.63) is 17.5 Å². The van der Waals surface area contributed by atoms with Crippen LogP contribution in [0.3, 0.4) is 0 Å². The molecule has 0 amide bonds. The molecule has 4 nitrogen and oxygen atoms in total. The van der Waals surface area contributed by atoms with Gasteiger partial charge in [0.1, 0.15) is 0 Å². The molecule has 0 unspecified atom stereocenters. The maximum atomic E-state index is 4.49. The molecule has 17 heavy (non-hydrogen) atoms. The van der Waals surface area contributed by atoms with Crippen LogP contribution in [0.2, 0.25) is 0 Å². The molecule has 0 bridgehead atoms. The highest BCUT2D eigenvalue weighted by Gasteiger charge is 2.16. The van der Waals surface area contributed by atoms with E-state index in [1.807, 2.05) is 4.68 Å². The second kappa shape index (κ2) is 5.65. The van der Waals surface area contributed by atoms with Crippen LogP contribution in [-0.4, -0.2) is 40.9 Å². The lowest BCUT2D eigenvalue weighted by Gasteiger charge is -2.20. The van der Waals surface area contributed by atoms with Gasteiger partial charge in [0.25, 0.3) is 0 Å². The van der Waals surface area contributed by atoms with Crippen molar-refractivity contribution in [1.82, 2.24) is 20.0 Å². The number of likely N-dealkylation sites (N-methyl/N-ethyl adjacent to an activating group) is 1. The summed E-state index contributed by atoms with van der Waals surface area (Å²) in [6.07, 6.45) is 4.82. The largest absolute Gasteiger partial charge is 0.313 e. The van der Waals surface area contributed by atoms with Crippen LogP contribution in [0.4, 0.5) is 0 Å². The van der Waals surface area contributed by atoms with Crippen LogP contribution in [0.25, 0.3) is 0 Å². The summed E-state index contributed by atoms with van der Waals surface area (Å²) in [5.74, 6) is 0. The molecule has 2 rings (SSSR count). The van der Waals surface area contributed by atoms with Crippen molar-refractivity contribution in [3.8, 4) is 0 Å². The fourth-order valence-corrected chi connectivity index (χ4v) is 2.52. The third-order valence-electron chi connectivity index (χ3n) is 3.51. The number of hydrogen-bond donors (Lipinski definition) is 1. The molecule has 1 aromatic rings. The van der Waals surface area contributed by atoms with Crippen molar-refractivity contribution in [2.75, 3.05) is 20.1 Å². The standard InChI is InChI=1S/C13H24N4/c1-4-17-9-12(11(2)15-17)8-16(3)10-13-6-5-7-14-13/h9,13-14H,4-8,10H2,1-3H3/t13-/m0/s1. The molecule has 0 radical (unpaired) electrons. The molecule has 1 aliphatic rings. The van der Waals surface area contributed by atoms with Crippen LogP contribution < -0.4 is 5.32 Å². The van der Waals surface area contributed by atoms with Crippen LogP contribution in [0.1, 0.15) is 31.0 Å². The maximum absolute atomic E-state index is 4.49. The van der Waals surface area contributed by atoms with Crippen LogP contribution in [0.15, 0.2) is 6.20 Å². The monoisotopic (exact) mass is 236 g/mol. The first-order valence-corrected chi connectivity index (χ1v) is 6.64. The number of aromatic nitrogens is 2. The smallest absolute Gasteiger partial charge is 0.0638 e. The molecule has 1 fully saturated rings. The number of aryl methyl sites for hydroxylation is 2. The van der Waals surface area contributed by atoms with Gasteiger partial charge in [-0.25, -0.2) is 0 Å². The van der Waals surface area contributed by atoms with E-state index in [1.165, 1.54) is 24.9 Å². The van der Waals surface area contributed by atoms with Crippen molar-refractivity contribution >= 4 is 0 Å². The van der Waals surface area contributed by atoms with Gasteiger partial charge in [0.2, 0.25) is 0 Å². The van der Waals surface area contributed by atoms with Gasteiger partial charge in [-0.15, -0.1) is 0 Å². The number of hydrogen-bond acceptors (Lipinski definition) is 3. The Morgan fingerprint density at radius 1 is 1.59 bits per heavy atom. The first kappa shape index (κ1) is 12.6. The van der Waals surface area contributed by atoms with E-state index in [-0.39, 0.29) is 0 Å². The van der Waals surface area contributed by atoms with E-state index >= 15 is 0 Å². The third-order valence-corrected chi connectivity index (χ3v) is 3.51. The van der Waals surface area contributed by atoms with E-state index < -0.39 is 0 Å². The highest BCUT2D eigenvalue weighted by molar-refractivity contribution is 5.15. The minimum absolute atomic E-state index is 0.682. The summed E-state index contributed by atoms with van der Waals surface area (Å²) in [4.78, 5) is 2.40. The van der Waals surface area contributed by atoms with Crippen molar-refractivity contribution in [3.63, 3.8) is 0 Å². The normalized spacial score (nSPS) is 20.4. The van der Waals surface area contributed by atoms with E-state index in [4.69, 9.17) is 0 Å². The Labute approximate surface area is 104 Å². The second-order valence-corrected chi connectivity index (χ2v) is 5.09. The van der Waals surface area contributed by atoms with Gasteiger partial charge in [-0.1, -0.05) is 0 Å². The average Bonchev–Trinajstić information content (AvgIpc) is 2.89. The summed E-state index contributed by atoms with van der Waals surface area (Å²) in [6.45, 7) is 8.51. The van der Waals surface area contributed by atoms with Gasteiger partial charge in [-0.05, 0) is 40.3 Å². The van der Waals surface area contributed by atoms with Gasteiger partial charge in [0, 0.05) is 37.4 Å². The Balaban J connectivity index is 1.87. The highest BCUT2D eigenvalue weighted by atomic mass is 15.3. The Morgan fingerprint density at radius 2 is 2.41 bits per heavy atom. The number of nitrogens with one attached hydrogen (secondary N) is 1. The molecule has 1 aliphatic heterocycles. The van der Waals surface area contributed by atoms with E-state index in [2.05, 4.69) is 42.4 Å². The fourth-order valence-electron chi connectivity index (χ4n) is 2.52. The molecule has 0 saturated carbocycles. The van der Waals surface area contributed by atoms with Crippen molar-refractivity contribution in [1.29, 1.82) is 0 Å². The lowest BCUT2D eigenvalue weighted by molar-refractivity contribution is 0.292. The number of rotatable bonds is 5. The van der Waals surface area contributed by atoms with E-state index in [0.29, 0.717) is 6.04 Å². The molecular formula is C13H24N4. The third kappa shape index (κ3) is 3.30. The zero-order valence-electron chi connectivity index (χ0n) is 11.2. The summed E-state index contributed by atoms with van der Waals surface area (Å²) in [6, 6.07) is 0.682. The first-order chi connectivity index (χ1) is 8.19. The Bertz CT molecular complexity index is 352. The second-order valence-electron chi connectivity index (χ2n) is 5.09. The molecule has 1 N–H and O–H groups in total. The molecule has 1 atom stereocenters. The summed E-state index contributed by atoms with van der Waals surface area (Å²) in [5.41, 5.74) is 2.52. The van der Waals surface area contributed by atoms with E-state index in [9.17, 15) is 0 Å². The predicted octanol–water partition coefficient (Wildman–Crippen LogP) is 1.40. The summed E-state index contributed by atoms with van der Waals surface area (Å²) < 4.78 is 2.02. The summed E-state index contributed by atoms with van der Waals surface area (Å²) in [7, 11) is 2.20. The quantitative estimate of drug-likeness (QED) is 0.839. The molecule has 96 valence electrons. The predicted molar refractivity (Wildman–Crippen MR) is 70.0 cm³/mol. The lowest BCUT2D eigenvalue weighted by Crippen LogP contribution is -2.35. The Morgan fingerprint density at radius 3 is 3.00 bits per heavy atom. The van der Waals surface area contributed by atoms with Crippen molar-refractivity contribution in [2.24, 2.45) is 0 Å². The zero-order chi connectivity index (χ0) is 12.3. The summed E-state index contributed by atoms with van der Waals surface area (Å²) >= 11 is 0.